The predicted molar refractivity (Wildman–Crippen MR) is 77.2 cm³/mol. The number of allylic oxidation sites excluding steroid dienone is 3. The molecule has 1 aliphatic heterocycles. The molecule has 3 nitrogen and oxygen atoms in total. The van der Waals surface area contributed by atoms with E-state index in [1.165, 1.54) is 0 Å². The first-order valence-corrected chi connectivity index (χ1v) is 6.58. The van der Waals surface area contributed by atoms with Gasteiger partial charge in [-0.1, -0.05) is 32.1 Å². The molecule has 4 heteroatoms. The highest BCUT2D eigenvalue weighted by molar-refractivity contribution is 6.59. The van der Waals surface area contributed by atoms with Gasteiger partial charge in [0.2, 0.25) is 0 Å². The first-order chi connectivity index (χ1) is 8.58. The maximum absolute atomic E-state index is 9.35. The van der Waals surface area contributed by atoms with Crippen molar-refractivity contribution >= 4 is 7.05 Å². The van der Waals surface area contributed by atoms with Gasteiger partial charge in [-0.25, -0.2) is 0 Å². The summed E-state index contributed by atoms with van der Waals surface area (Å²) in [5.74, 6) is 0.647. The summed E-state index contributed by atoms with van der Waals surface area (Å²) in [5.41, 5.74) is 1.64. The van der Waals surface area contributed by atoms with Gasteiger partial charge in [-0.15, -0.1) is 6.58 Å². The zero-order valence-electron chi connectivity index (χ0n) is 11.6. The van der Waals surface area contributed by atoms with Gasteiger partial charge in [-0.3, -0.25) is 0 Å². The lowest BCUT2D eigenvalue weighted by atomic mass is 9.70. The number of hydrogen-bond donors (Lipinski definition) is 2. The molecule has 0 amide bonds. The molecule has 1 heterocycles. The van der Waals surface area contributed by atoms with Crippen molar-refractivity contribution in [3.8, 4) is 0 Å². The number of aliphatic hydroxyl groups is 1. The highest BCUT2D eigenvalue weighted by Crippen LogP contribution is 2.18. The average molecular weight is 249 g/mol. The van der Waals surface area contributed by atoms with Gasteiger partial charge in [0.1, 0.15) is 0 Å². The Morgan fingerprint density at radius 3 is 2.89 bits per heavy atom. The molecule has 0 aromatic rings. The molecule has 0 aromatic heterocycles. The molecule has 1 rings (SSSR count). The second-order valence-corrected chi connectivity index (χ2v) is 5.11. The average Bonchev–Trinajstić information content (AvgIpc) is 2.77. The Hall–Kier alpha value is -0.835. The van der Waals surface area contributed by atoms with Crippen LogP contribution >= 0.6 is 0 Å². The summed E-state index contributed by atoms with van der Waals surface area (Å²) >= 11 is 0. The van der Waals surface area contributed by atoms with E-state index in [9.17, 15) is 5.11 Å². The highest BCUT2D eigenvalue weighted by Gasteiger charge is 2.32. The lowest BCUT2D eigenvalue weighted by Gasteiger charge is -2.14. The fourth-order valence-electron chi connectivity index (χ4n) is 2.07. The Labute approximate surface area is 111 Å². The highest BCUT2D eigenvalue weighted by atomic mass is 16.5. The minimum Gasteiger partial charge on any atom is -0.416 e. The molecule has 1 saturated heterocycles. The molecule has 0 bridgehead atoms. The summed E-state index contributed by atoms with van der Waals surface area (Å²) in [6, 6.07) is 0.383. The molecule has 0 aliphatic carbocycles. The molecule has 0 aromatic carbocycles. The van der Waals surface area contributed by atoms with E-state index in [1.54, 1.807) is 0 Å². The van der Waals surface area contributed by atoms with Gasteiger partial charge in [0.05, 0.1) is 6.61 Å². The number of aliphatic hydroxyl groups excluding tert-OH is 1. The first-order valence-electron chi connectivity index (χ1n) is 6.58. The van der Waals surface area contributed by atoms with Gasteiger partial charge < -0.3 is 15.0 Å². The van der Waals surface area contributed by atoms with Crippen LogP contribution in [-0.4, -0.2) is 31.4 Å². The molecule has 1 unspecified atom stereocenters. The van der Waals surface area contributed by atoms with Crippen LogP contribution in [0.5, 0.6) is 0 Å². The fraction of sp³-hybridized carbons (Fsp3) is 0.571. The van der Waals surface area contributed by atoms with Crippen LogP contribution in [0.4, 0.5) is 0 Å². The topological polar surface area (TPSA) is 41.5 Å². The normalized spacial score (nSPS) is 21.3. The van der Waals surface area contributed by atoms with E-state index in [1.807, 2.05) is 25.2 Å². The largest absolute Gasteiger partial charge is 0.416 e. The molecule has 1 aliphatic rings. The quantitative estimate of drug-likeness (QED) is 0.559. The second kappa shape index (κ2) is 7.57. The third-order valence-electron chi connectivity index (χ3n) is 3.00. The molecule has 0 radical (unpaired) electrons. The van der Waals surface area contributed by atoms with Crippen molar-refractivity contribution in [2.75, 3.05) is 13.2 Å². The van der Waals surface area contributed by atoms with E-state index in [-0.39, 0.29) is 13.7 Å². The Kier molecular flexibility index (Phi) is 6.40. The molecule has 18 heavy (non-hydrogen) atoms. The van der Waals surface area contributed by atoms with Crippen molar-refractivity contribution in [1.82, 2.24) is 5.23 Å². The van der Waals surface area contributed by atoms with Crippen LogP contribution in [0.3, 0.4) is 0 Å². The molecular weight excluding hydrogens is 225 g/mol. The van der Waals surface area contributed by atoms with Crippen molar-refractivity contribution in [2.24, 2.45) is 5.92 Å². The number of rotatable bonds is 6. The standard InChI is InChI=1S/C14H24BNO2/c1-5-6-7-13(9-17)12(4)15-16-14(10-18-15)8-11(2)3/h5-7,11,14,16-17H,4,8-10H2,1-3H3/b6-5-,13-7-. The van der Waals surface area contributed by atoms with Crippen molar-refractivity contribution < 1.29 is 9.76 Å². The summed E-state index contributed by atoms with van der Waals surface area (Å²) in [7, 11) is -0.169. The molecular formula is C14H24BNO2. The fourth-order valence-corrected chi connectivity index (χ4v) is 2.07. The van der Waals surface area contributed by atoms with E-state index in [0.29, 0.717) is 18.6 Å². The summed E-state index contributed by atoms with van der Waals surface area (Å²) < 4.78 is 5.70. The maximum atomic E-state index is 9.35. The number of nitrogens with one attached hydrogen (secondary N) is 1. The Morgan fingerprint density at radius 2 is 2.33 bits per heavy atom. The van der Waals surface area contributed by atoms with Crippen molar-refractivity contribution in [3.05, 3.63) is 35.9 Å². The zero-order valence-corrected chi connectivity index (χ0v) is 11.6. The third kappa shape index (κ3) is 4.44. The monoisotopic (exact) mass is 249 g/mol. The Bertz CT molecular complexity index is 337. The maximum Gasteiger partial charge on any atom is 0.415 e. The summed E-state index contributed by atoms with van der Waals surface area (Å²) in [4.78, 5) is 0. The molecule has 2 N–H and O–H groups in total. The summed E-state index contributed by atoms with van der Waals surface area (Å²) in [6.45, 7) is 11.1. The molecule has 100 valence electrons. The minimum atomic E-state index is -0.169. The van der Waals surface area contributed by atoms with E-state index in [4.69, 9.17) is 4.65 Å². The van der Waals surface area contributed by atoms with Crippen LogP contribution in [-0.2, 0) is 4.65 Å². The van der Waals surface area contributed by atoms with Crippen LogP contribution in [0.15, 0.2) is 35.9 Å². The Balaban J connectivity index is 2.58. The van der Waals surface area contributed by atoms with Gasteiger partial charge in [-0.05, 0) is 30.3 Å². The van der Waals surface area contributed by atoms with Crippen molar-refractivity contribution in [3.63, 3.8) is 0 Å². The van der Waals surface area contributed by atoms with Crippen LogP contribution in [0.25, 0.3) is 0 Å². The Morgan fingerprint density at radius 1 is 1.61 bits per heavy atom. The second-order valence-electron chi connectivity index (χ2n) is 5.11. The van der Waals surface area contributed by atoms with Crippen molar-refractivity contribution in [1.29, 1.82) is 0 Å². The predicted octanol–water partition coefficient (Wildman–Crippen LogP) is 2.10. The van der Waals surface area contributed by atoms with Gasteiger partial charge in [0, 0.05) is 12.6 Å². The first kappa shape index (κ1) is 15.2. The molecule has 1 fully saturated rings. The lowest BCUT2D eigenvalue weighted by Crippen LogP contribution is -2.37. The zero-order chi connectivity index (χ0) is 13.5. The summed E-state index contributed by atoms with van der Waals surface area (Å²) in [6.07, 6.45) is 6.80. The van der Waals surface area contributed by atoms with Crippen molar-refractivity contribution in [2.45, 2.75) is 33.2 Å². The molecule has 0 spiro atoms. The van der Waals surface area contributed by atoms with E-state index < -0.39 is 0 Å². The van der Waals surface area contributed by atoms with E-state index in [0.717, 1.165) is 17.5 Å². The van der Waals surface area contributed by atoms with E-state index in [2.05, 4.69) is 25.7 Å². The van der Waals surface area contributed by atoms with Crippen LogP contribution in [0, 0.1) is 5.92 Å². The molecule has 0 saturated carbocycles. The van der Waals surface area contributed by atoms with Gasteiger partial charge >= 0.3 is 7.05 Å². The van der Waals surface area contributed by atoms with Gasteiger partial charge in [0.15, 0.2) is 0 Å². The van der Waals surface area contributed by atoms with Gasteiger partial charge in [-0.2, -0.15) is 0 Å². The minimum absolute atomic E-state index is 0.0143. The molecule has 1 atom stereocenters. The van der Waals surface area contributed by atoms with Crippen LogP contribution in [0.2, 0.25) is 0 Å². The smallest absolute Gasteiger partial charge is 0.415 e. The lowest BCUT2D eigenvalue weighted by molar-refractivity contribution is 0.319. The van der Waals surface area contributed by atoms with Crippen LogP contribution in [0.1, 0.15) is 27.2 Å². The summed E-state index contributed by atoms with van der Waals surface area (Å²) in [5, 5.41) is 12.8. The van der Waals surface area contributed by atoms with Crippen LogP contribution < -0.4 is 5.23 Å². The van der Waals surface area contributed by atoms with E-state index >= 15 is 0 Å². The number of hydrogen-bond acceptors (Lipinski definition) is 3. The van der Waals surface area contributed by atoms with Gasteiger partial charge in [0.25, 0.3) is 0 Å². The third-order valence-corrected chi connectivity index (χ3v) is 3.00. The SMILES string of the molecule is C=C(B1NC(CC(C)C)CO1)/C(=C\C=C/C)CO.